The number of rotatable bonds is 8. The molecular formula is C27H37N3O2. The van der Waals surface area contributed by atoms with Crippen LogP contribution in [0.3, 0.4) is 0 Å². The number of phenols is 1. The van der Waals surface area contributed by atoms with E-state index >= 15 is 0 Å². The molecular weight excluding hydrogens is 398 g/mol. The van der Waals surface area contributed by atoms with Crippen molar-refractivity contribution in [3.8, 4) is 5.75 Å². The molecule has 2 aromatic rings. The average molecular weight is 436 g/mol. The topological polar surface area (TPSA) is 47.0 Å². The van der Waals surface area contributed by atoms with Gasteiger partial charge in [0.15, 0.2) is 0 Å². The molecule has 1 amide bonds. The molecule has 172 valence electrons. The highest BCUT2D eigenvalue weighted by molar-refractivity contribution is 5.94. The predicted octanol–water partition coefficient (Wildman–Crippen LogP) is 4.54. The van der Waals surface area contributed by atoms with Crippen molar-refractivity contribution < 1.29 is 9.90 Å². The summed E-state index contributed by atoms with van der Waals surface area (Å²) in [6.07, 6.45) is 1.97. The molecule has 0 spiro atoms. The van der Waals surface area contributed by atoms with Crippen molar-refractivity contribution in [2.75, 3.05) is 32.7 Å². The number of phenolic OH excluding ortho intramolecular Hbond substituents is 1. The van der Waals surface area contributed by atoms with Gasteiger partial charge in [0.2, 0.25) is 0 Å². The van der Waals surface area contributed by atoms with Crippen LogP contribution in [0.5, 0.6) is 5.75 Å². The maximum Gasteiger partial charge on any atom is 0.253 e. The molecule has 1 saturated heterocycles. The van der Waals surface area contributed by atoms with Gasteiger partial charge in [0.05, 0.1) is 6.04 Å². The second-order valence-corrected chi connectivity index (χ2v) is 8.73. The molecule has 0 saturated carbocycles. The van der Waals surface area contributed by atoms with Crippen LogP contribution in [-0.2, 0) is 0 Å². The lowest BCUT2D eigenvalue weighted by Crippen LogP contribution is -2.57. The fraction of sp³-hybridized carbons (Fsp3) is 0.444. The van der Waals surface area contributed by atoms with Crippen LogP contribution < -0.4 is 0 Å². The van der Waals surface area contributed by atoms with E-state index in [2.05, 4.69) is 48.4 Å². The zero-order valence-electron chi connectivity index (χ0n) is 19.9. The minimum Gasteiger partial charge on any atom is -0.508 e. The van der Waals surface area contributed by atoms with Gasteiger partial charge in [-0.1, -0.05) is 30.3 Å². The van der Waals surface area contributed by atoms with E-state index in [0.717, 1.165) is 30.8 Å². The minimum atomic E-state index is 0.00971. The average Bonchev–Trinajstić information content (AvgIpc) is 2.78. The quantitative estimate of drug-likeness (QED) is 0.618. The molecule has 0 bridgehead atoms. The van der Waals surface area contributed by atoms with Gasteiger partial charge in [0.25, 0.3) is 5.91 Å². The van der Waals surface area contributed by atoms with E-state index in [-0.39, 0.29) is 17.7 Å². The van der Waals surface area contributed by atoms with E-state index in [1.807, 2.05) is 49.1 Å². The Balaban J connectivity index is 1.94. The van der Waals surface area contributed by atoms with Crippen LogP contribution in [-0.4, -0.2) is 70.5 Å². The first-order chi connectivity index (χ1) is 15.4. The monoisotopic (exact) mass is 435 g/mol. The van der Waals surface area contributed by atoms with Gasteiger partial charge in [-0.3, -0.25) is 14.6 Å². The van der Waals surface area contributed by atoms with E-state index in [4.69, 9.17) is 0 Å². The summed E-state index contributed by atoms with van der Waals surface area (Å²) < 4.78 is 0. The third kappa shape index (κ3) is 5.22. The lowest BCUT2D eigenvalue weighted by atomic mass is 9.93. The Labute approximate surface area is 193 Å². The van der Waals surface area contributed by atoms with Crippen LogP contribution in [0.1, 0.15) is 55.2 Å². The maximum atomic E-state index is 12.8. The first-order valence-corrected chi connectivity index (χ1v) is 11.7. The van der Waals surface area contributed by atoms with Crippen molar-refractivity contribution in [3.63, 3.8) is 0 Å². The molecule has 5 heteroatoms. The largest absolute Gasteiger partial charge is 0.508 e. The summed E-state index contributed by atoms with van der Waals surface area (Å²) in [6.45, 7) is 16.6. The Kier molecular flexibility index (Phi) is 8.10. The molecule has 2 aromatic carbocycles. The van der Waals surface area contributed by atoms with Crippen molar-refractivity contribution in [1.82, 2.24) is 14.7 Å². The molecule has 0 aromatic heterocycles. The molecule has 32 heavy (non-hydrogen) atoms. The van der Waals surface area contributed by atoms with Crippen LogP contribution in [0.25, 0.3) is 0 Å². The number of hydrogen-bond donors (Lipinski definition) is 1. The van der Waals surface area contributed by atoms with Gasteiger partial charge < -0.3 is 10.0 Å². The number of nitrogens with zero attached hydrogens (tertiary/aromatic N) is 3. The molecule has 0 radical (unpaired) electrons. The van der Waals surface area contributed by atoms with Crippen molar-refractivity contribution in [2.24, 2.45) is 0 Å². The summed E-state index contributed by atoms with van der Waals surface area (Å²) in [4.78, 5) is 19.6. The third-order valence-electron chi connectivity index (χ3n) is 6.54. The Morgan fingerprint density at radius 3 is 2.25 bits per heavy atom. The van der Waals surface area contributed by atoms with Crippen molar-refractivity contribution in [1.29, 1.82) is 0 Å². The first kappa shape index (κ1) is 24.0. The molecule has 3 atom stereocenters. The smallest absolute Gasteiger partial charge is 0.253 e. The second-order valence-electron chi connectivity index (χ2n) is 8.73. The second kappa shape index (κ2) is 10.8. The lowest BCUT2D eigenvalue weighted by molar-refractivity contribution is 0.0322. The Morgan fingerprint density at radius 2 is 1.72 bits per heavy atom. The van der Waals surface area contributed by atoms with Crippen LogP contribution >= 0.6 is 0 Å². The van der Waals surface area contributed by atoms with Crippen molar-refractivity contribution in [2.45, 2.75) is 45.8 Å². The summed E-state index contributed by atoms with van der Waals surface area (Å²) in [6, 6.07) is 16.3. The summed E-state index contributed by atoms with van der Waals surface area (Å²) in [7, 11) is 0. The van der Waals surface area contributed by atoms with Crippen LogP contribution in [0, 0.1) is 0 Å². The zero-order valence-corrected chi connectivity index (χ0v) is 19.9. The highest BCUT2D eigenvalue weighted by atomic mass is 16.3. The Morgan fingerprint density at radius 1 is 1.09 bits per heavy atom. The van der Waals surface area contributed by atoms with Gasteiger partial charge in [0.1, 0.15) is 5.75 Å². The summed E-state index contributed by atoms with van der Waals surface area (Å²) in [5.41, 5.74) is 2.90. The minimum absolute atomic E-state index is 0.00971. The van der Waals surface area contributed by atoms with Crippen molar-refractivity contribution in [3.05, 3.63) is 77.9 Å². The molecule has 3 rings (SSSR count). The van der Waals surface area contributed by atoms with E-state index in [1.165, 1.54) is 0 Å². The summed E-state index contributed by atoms with van der Waals surface area (Å²) >= 11 is 0. The molecule has 1 fully saturated rings. The molecule has 1 aliphatic rings. The fourth-order valence-corrected chi connectivity index (χ4v) is 4.93. The van der Waals surface area contributed by atoms with E-state index in [9.17, 15) is 9.90 Å². The standard InChI is InChI=1S/C27H37N3O2/c1-6-16-30-20(4)18-29(19-21(30)5)26(24-10-9-11-25(31)17-24)22-12-14-23(15-13-22)27(32)28(7-2)8-3/h6,9-15,17,20-21,26,31H,1,7-8,16,18-19H2,2-5H3. The van der Waals surface area contributed by atoms with Gasteiger partial charge in [0, 0.05) is 50.4 Å². The highest BCUT2D eigenvalue weighted by Crippen LogP contribution is 2.33. The number of carbonyl (C=O) groups excluding carboxylic acids is 1. The number of hydrogen-bond acceptors (Lipinski definition) is 4. The highest BCUT2D eigenvalue weighted by Gasteiger charge is 2.33. The SMILES string of the molecule is C=CCN1C(C)CN(C(c2ccc(C(=O)N(CC)CC)cc2)c2cccc(O)c2)CC1C. The predicted molar refractivity (Wildman–Crippen MR) is 131 cm³/mol. The van der Waals surface area contributed by atoms with E-state index in [0.29, 0.717) is 30.7 Å². The molecule has 3 unspecified atom stereocenters. The van der Waals surface area contributed by atoms with Gasteiger partial charge in [-0.2, -0.15) is 0 Å². The van der Waals surface area contributed by atoms with Crippen LogP contribution in [0.4, 0.5) is 0 Å². The van der Waals surface area contributed by atoms with E-state index in [1.54, 1.807) is 6.07 Å². The number of piperazine rings is 1. The van der Waals surface area contributed by atoms with Crippen molar-refractivity contribution >= 4 is 5.91 Å². The lowest BCUT2D eigenvalue weighted by Gasteiger charge is -2.47. The number of benzene rings is 2. The zero-order chi connectivity index (χ0) is 23.3. The summed E-state index contributed by atoms with van der Waals surface area (Å²) in [5, 5.41) is 10.2. The number of aromatic hydroxyl groups is 1. The molecule has 1 N–H and O–H groups in total. The number of carbonyl (C=O) groups is 1. The number of amides is 1. The molecule has 0 aliphatic carbocycles. The van der Waals surface area contributed by atoms with Gasteiger partial charge in [-0.05, 0) is 63.1 Å². The normalized spacial score (nSPS) is 20.6. The Bertz CT molecular complexity index is 895. The van der Waals surface area contributed by atoms with Gasteiger partial charge in [-0.25, -0.2) is 0 Å². The fourth-order valence-electron chi connectivity index (χ4n) is 4.93. The first-order valence-electron chi connectivity index (χ1n) is 11.7. The van der Waals surface area contributed by atoms with E-state index < -0.39 is 0 Å². The molecule has 1 aliphatic heterocycles. The van der Waals surface area contributed by atoms with Gasteiger partial charge in [-0.15, -0.1) is 6.58 Å². The molecule has 1 heterocycles. The maximum absolute atomic E-state index is 12.8. The molecule has 5 nitrogen and oxygen atoms in total. The van der Waals surface area contributed by atoms with Crippen LogP contribution in [0.15, 0.2) is 61.2 Å². The third-order valence-corrected chi connectivity index (χ3v) is 6.54. The van der Waals surface area contributed by atoms with Gasteiger partial charge >= 0.3 is 0 Å². The summed E-state index contributed by atoms with van der Waals surface area (Å²) in [5.74, 6) is 0.336. The van der Waals surface area contributed by atoms with Crippen LogP contribution in [0.2, 0.25) is 0 Å². The Hall–Kier alpha value is -2.63.